The van der Waals surface area contributed by atoms with Crippen LogP contribution in [-0.2, 0) is 6.42 Å². The second-order valence-electron chi connectivity index (χ2n) is 5.16. The fourth-order valence-electron chi connectivity index (χ4n) is 1.83. The maximum Gasteiger partial charge on any atom is 0.254 e. The number of hydrogen-bond acceptors (Lipinski definition) is 3. The minimum absolute atomic E-state index is 0.136. The molecule has 0 saturated carbocycles. The monoisotopic (exact) mass is 284 g/mol. The Balaban J connectivity index is 3.00. The number of aromatic nitrogens is 1. The topological polar surface area (TPSA) is 53.4 Å². The van der Waals surface area contributed by atoms with Crippen molar-refractivity contribution >= 4 is 17.5 Å². The number of carbonyl (C=O) groups is 1. The van der Waals surface area contributed by atoms with E-state index in [4.69, 9.17) is 11.6 Å². The summed E-state index contributed by atoms with van der Waals surface area (Å²) in [5.74, 6) is -0.136. The number of nitrogens with zero attached hydrogens (tertiary/aromatic N) is 2. The molecule has 1 heterocycles. The molecule has 5 heteroatoms. The van der Waals surface area contributed by atoms with Gasteiger partial charge in [-0.15, -0.1) is 0 Å². The molecular formula is C14H21ClN2O2. The predicted octanol–water partition coefficient (Wildman–Crippen LogP) is 2.53. The van der Waals surface area contributed by atoms with Crippen LogP contribution >= 0.6 is 11.6 Å². The van der Waals surface area contributed by atoms with E-state index in [0.29, 0.717) is 17.3 Å². The van der Waals surface area contributed by atoms with Gasteiger partial charge < -0.3 is 10.0 Å². The summed E-state index contributed by atoms with van der Waals surface area (Å²) in [5.41, 5.74) is 0.383. The number of aryl methyl sites for hydroxylation is 1. The molecule has 106 valence electrons. The van der Waals surface area contributed by atoms with Crippen LogP contribution in [0.25, 0.3) is 0 Å². The third-order valence-corrected chi connectivity index (χ3v) is 2.90. The minimum Gasteiger partial charge on any atom is -0.389 e. The van der Waals surface area contributed by atoms with E-state index < -0.39 is 5.60 Å². The maximum absolute atomic E-state index is 12.4. The van der Waals surface area contributed by atoms with E-state index in [-0.39, 0.29) is 12.5 Å². The molecule has 0 spiro atoms. The highest BCUT2D eigenvalue weighted by atomic mass is 35.5. The Bertz CT molecular complexity index is 455. The molecule has 1 N–H and O–H groups in total. The smallest absolute Gasteiger partial charge is 0.254 e. The van der Waals surface area contributed by atoms with Crippen molar-refractivity contribution in [1.29, 1.82) is 0 Å². The summed E-state index contributed by atoms with van der Waals surface area (Å²) in [6.07, 6.45) is 0.721. The largest absolute Gasteiger partial charge is 0.389 e. The van der Waals surface area contributed by atoms with Gasteiger partial charge in [-0.1, -0.05) is 18.5 Å². The molecule has 1 aromatic heterocycles. The van der Waals surface area contributed by atoms with Crippen molar-refractivity contribution in [2.45, 2.75) is 39.7 Å². The maximum atomic E-state index is 12.4. The molecule has 0 aliphatic rings. The van der Waals surface area contributed by atoms with Crippen molar-refractivity contribution in [3.63, 3.8) is 0 Å². The molecule has 4 nitrogen and oxygen atoms in total. The first-order chi connectivity index (χ1) is 8.76. The lowest BCUT2D eigenvalue weighted by Gasteiger charge is -2.28. The molecule has 1 amide bonds. The SMILES string of the molecule is CCc1cc(C(=O)N(CC)CC(C)(C)O)cc(Cl)n1. The Morgan fingerprint density at radius 1 is 1.42 bits per heavy atom. The van der Waals surface area contributed by atoms with Gasteiger partial charge in [-0.3, -0.25) is 4.79 Å². The van der Waals surface area contributed by atoms with Crippen molar-refractivity contribution in [1.82, 2.24) is 9.88 Å². The molecule has 1 aromatic rings. The lowest BCUT2D eigenvalue weighted by Crippen LogP contribution is -2.42. The van der Waals surface area contributed by atoms with Crippen LogP contribution < -0.4 is 0 Å². The number of aliphatic hydroxyl groups is 1. The molecule has 0 atom stereocenters. The van der Waals surface area contributed by atoms with E-state index in [0.717, 1.165) is 12.1 Å². The van der Waals surface area contributed by atoms with E-state index in [1.54, 1.807) is 30.9 Å². The van der Waals surface area contributed by atoms with Gasteiger partial charge >= 0.3 is 0 Å². The van der Waals surface area contributed by atoms with Crippen molar-refractivity contribution < 1.29 is 9.90 Å². The molecule has 0 fully saturated rings. The van der Waals surface area contributed by atoms with Crippen molar-refractivity contribution in [3.05, 3.63) is 28.5 Å². The molecule has 0 unspecified atom stereocenters. The summed E-state index contributed by atoms with van der Waals surface area (Å²) in [7, 11) is 0. The first-order valence-electron chi connectivity index (χ1n) is 6.45. The van der Waals surface area contributed by atoms with Crippen LogP contribution in [0.5, 0.6) is 0 Å². The Labute approximate surface area is 119 Å². The molecule has 0 radical (unpaired) electrons. The third-order valence-electron chi connectivity index (χ3n) is 2.70. The van der Waals surface area contributed by atoms with Crippen molar-refractivity contribution in [2.24, 2.45) is 0 Å². The number of rotatable bonds is 5. The normalized spacial score (nSPS) is 11.5. The lowest BCUT2D eigenvalue weighted by molar-refractivity contribution is 0.0314. The summed E-state index contributed by atoms with van der Waals surface area (Å²) >= 11 is 5.92. The van der Waals surface area contributed by atoms with Crippen molar-refractivity contribution in [2.75, 3.05) is 13.1 Å². The first kappa shape index (κ1) is 15.9. The Kier molecular flexibility index (Phi) is 5.32. The predicted molar refractivity (Wildman–Crippen MR) is 76.5 cm³/mol. The van der Waals surface area contributed by atoms with Crippen LogP contribution in [-0.4, -0.2) is 39.6 Å². The highest BCUT2D eigenvalue weighted by molar-refractivity contribution is 6.29. The zero-order valence-electron chi connectivity index (χ0n) is 11.9. The van der Waals surface area contributed by atoms with Crippen LogP contribution in [0.15, 0.2) is 12.1 Å². The average molecular weight is 285 g/mol. The summed E-state index contributed by atoms with van der Waals surface area (Å²) in [6.45, 7) is 8.02. The van der Waals surface area contributed by atoms with Gasteiger partial charge in [0.15, 0.2) is 0 Å². The van der Waals surface area contributed by atoms with Gasteiger partial charge in [-0.2, -0.15) is 0 Å². The molecule has 1 rings (SSSR count). The van der Waals surface area contributed by atoms with E-state index in [9.17, 15) is 9.90 Å². The number of carbonyl (C=O) groups excluding carboxylic acids is 1. The van der Waals surface area contributed by atoms with Gasteiger partial charge in [0.1, 0.15) is 5.15 Å². The summed E-state index contributed by atoms with van der Waals surface area (Å²) in [4.78, 5) is 18.1. The summed E-state index contributed by atoms with van der Waals surface area (Å²) in [6, 6.07) is 3.32. The number of halogens is 1. The molecule has 0 aromatic carbocycles. The lowest BCUT2D eigenvalue weighted by atomic mass is 10.1. The molecule has 19 heavy (non-hydrogen) atoms. The van der Waals surface area contributed by atoms with Crippen molar-refractivity contribution in [3.8, 4) is 0 Å². The van der Waals surface area contributed by atoms with Gasteiger partial charge in [0, 0.05) is 24.3 Å². The highest BCUT2D eigenvalue weighted by Gasteiger charge is 2.22. The summed E-state index contributed by atoms with van der Waals surface area (Å²) in [5, 5.41) is 10.2. The van der Waals surface area contributed by atoms with Gasteiger partial charge in [-0.05, 0) is 39.3 Å². The Hall–Kier alpha value is -1.13. The number of likely N-dealkylation sites (N-methyl/N-ethyl adjacent to an activating group) is 1. The Morgan fingerprint density at radius 2 is 2.05 bits per heavy atom. The number of hydrogen-bond donors (Lipinski definition) is 1. The fourth-order valence-corrected chi connectivity index (χ4v) is 2.06. The van der Waals surface area contributed by atoms with E-state index in [1.807, 2.05) is 13.8 Å². The third kappa shape index (κ3) is 4.80. The molecule has 0 bridgehead atoms. The molecular weight excluding hydrogens is 264 g/mol. The molecule has 0 aliphatic heterocycles. The first-order valence-corrected chi connectivity index (χ1v) is 6.82. The van der Waals surface area contributed by atoms with E-state index in [2.05, 4.69) is 4.98 Å². The number of amides is 1. The second-order valence-corrected chi connectivity index (χ2v) is 5.54. The average Bonchev–Trinajstić information content (AvgIpc) is 2.33. The van der Waals surface area contributed by atoms with Gasteiger partial charge in [0.25, 0.3) is 5.91 Å². The number of pyridine rings is 1. The highest BCUT2D eigenvalue weighted by Crippen LogP contribution is 2.15. The van der Waals surface area contributed by atoms with Crippen LogP contribution in [0.1, 0.15) is 43.7 Å². The van der Waals surface area contributed by atoms with Crippen LogP contribution in [0.3, 0.4) is 0 Å². The minimum atomic E-state index is -0.921. The summed E-state index contributed by atoms with van der Waals surface area (Å²) < 4.78 is 0. The Morgan fingerprint density at radius 3 is 2.53 bits per heavy atom. The molecule has 0 aliphatic carbocycles. The van der Waals surface area contributed by atoms with E-state index in [1.165, 1.54) is 0 Å². The van der Waals surface area contributed by atoms with E-state index >= 15 is 0 Å². The van der Waals surface area contributed by atoms with Gasteiger partial charge in [0.05, 0.1) is 5.60 Å². The van der Waals surface area contributed by atoms with Crippen LogP contribution in [0.2, 0.25) is 5.15 Å². The second kappa shape index (κ2) is 6.35. The van der Waals surface area contributed by atoms with Gasteiger partial charge in [0.2, 0.25) is 0 Å². The quantitative estimate of drug-likeness (QED) is 0.846. The zero-order chi connectivity index (χ0) is 14.6. The van der Waals surface area contributed by atoms with Crippen LogP contribution in [0, 0.1) is 0 Å². The standard InChI is InChI=1S/C14H21ClN2O2/c1-5-11-7-10(8-12(15)16-11)13(18)17(6-2)9-14(3,4)19/h7-8,19H,5-6,9H2,1-4H3. The fraction of sp³-hybridized carbons (Fsp3) is 0.571. The zero-order valence-corrected chi connectivity index (χ0v) is 12.7. The molecule has 0 saturated heterocycles. The van der Waals surface area contributed by atoms with Gasteiger partial charge in [-0.25, -0.2) is 4.98 Å². The van der Waals surface area contributed by atoms with Crippen LogP contribution in [0.4, 0.5) is 0 Å².